The number of hydrogen-bond donors (Lipinski definition) is 0. The topological polar surface area (TPSA) is 26.3 Å². The van der Waals surface area contributed by atoms with Crippen LogP contribution in [0.3, 0.4) is 0 Å². The predicted octanol–water partition coefficient (Wildman–Crippen LogP) is 5.27. The summed E-state index contributed by atoms with van der Waals surface area (Å²) in [7, 11) is 0. The van der Waals surface area contributed by atoms with Gasteiger partial charge >= 0.3 is 5.97 Å². The Morgan fingerprint density at radius 2 is 1.82 bits per heavy atom. The van der Waals surface area contributed by atoms with E-state index in [2.05, 4.69) is 12.6 Å². The lowest BCUT2D eigenvalue weighted by Crippen LogP contribution is -2.05. The van der Waals surface area contributed by atoms with E-state index in [4.69, 9.17) is 16.3 Å². The monoisotopic (exact) mass is 310 g/mol. The van der Waals surface area contributed by atoms with Gasteiger partial charge in [-0.2, -0.15) is 0 Å². The van der Waals surface area contributed by atoms with E-state index in [0.717, 1.165) is 27.1 Å². The Labute approximate surface area is 134 Å². The molecule has 0 N–H and O–H groups in total. The van der Waals surface area contributed by atoms with Gasteiger partial charge in [0.1, 0.15) is 6.61 Å². The Balaban J connectivity index is 2.19. The van der Waals surface area contributed by atoms with Gasteiger partial charge in [-0.25, -0.2) is 4.79 Å². The normalized spacial score (nSPS) is 10.8. The second-order valence-corrected chi connectivity index (χ2v) is 5.73. The van der Waals surface area contributed by atoms with E-state index in [9.17, 15) is 4.79 Å². The molecule has 22 heavy (non-hydrogen) atoms. The molecule has 3 aromatic carbocycles. The molecule has 0 saturated carbocycles. The molecule has 0 spiro atoms. The summed E-state index contributed by atoms with van der Waals surface area (Å²) < 4.78 is 5.36. The van der Waals surface area contributed by atoms with Gasteiger partial charge in [-0.1, -0.05) is 48.5 Å². The second-order valence-electron chi connectivity index (χ2n) is 5.30. The van der Waals surface area contributed by atoms with Crippen molar-refractivity contribution in [3.63, 3.8) is 0 Å². The minimum Gasteiger partial charge on any atom is -0.457 e. The molecule has 0 aliphatic carbocycles. The van der Waals surface area contributed by atoms with Crippen LogP contribution in [0, 0.1) is 0 Å². The third kappa shape index (κ3) is 2.70. The second kappa shape index (κ2) is 5.82. The van der Waals surface area contributed by atoms with Gasteiger partial charge in [0.15, 0.2) is 0 Å². The Morgan fingerprint density at radius 1 is 1.09 bits per heavy atom. The van der Waals surface area contributed by atoms with Crippen molar-refractivity contribution >= 4 is 39.1 Å². The average Bonchev–Trinajstić information content (AvgIpc) is 2.51. The average molecular weight is 311 g/mol. The van der Waals surface area contributed by atoms with Crippen molar-refractivity contribution < 1.29 is 9.53 Å². The molecule has 0 amide bonds. The largest absolute Gasteiger partial charge is 0.457 e. The highest BCUT2D eigenvalue weighted by Gasteiger charge is 2.11. The van der Waals surface area contributed by atoms with Crippen molar-refractivity contribution in [3.8, 4) is 0 Å². The van der Waals surface area contributed by atoms with Crippen LogP contribution in [0.1, 0.15) is 12.5 Å². The summed E-state index contributed by atoms with van der Waals surface area (Å²) >= 11 is 6.13. The van der Waals surface area contributed by atoms with Gasteiger partial charge in [0, 0.05) is 16.2 Å². The number of esters is 1. The molecule has 0 fully saturated rings. The first-order valence-electron chi connectivity index (χ1n) is 6.99. The van der Waals surface area contributed by atoms with E-state index < -0.39 is 0 Å². The zero-order valence-electron chi connectivity index (χ0n) is 12.2. The summed E-state index contributed by atoms with van der Waals surface area (Å²) in [5, 5.41) is 4.91. The molecule has 0 aliphatic rings. The van der Waals surface area contributed by atoms with Gasteiger partial charge in [0.25, 0.3) is 0 Å². The lowest BCUT2D eigenvalue weighted by atomic mass is 9.97. The Kier molecular flexibility index (Phi) is 3.86. The summed E-state index contributed by atoms with van der Waals surface area (Å²) in [5.41, 5.74) is 1.35. The highest BCUT2D eigenvalue weighted by molar-refractivity contribution is 6.31. The minimum atomic E-state index is -0.386. The molecular weight excluding hydrogens is 296 g/mol. The number of hydrogen-bond acceptors (Lipinski definition) is 2. The van der Waals surface area contributed by atoms with Crippen LogP contribution < -0.4 is 0 Å². The summed E-state index contributed by atoms with van der Waals surface area (Å²) in [6.07, 6.45) is 0. The Morgan fingerprint density at radius 3 is 2.59 bits per heavy atom. The summed E-state index contributed by atoms with van der Waals surface area (Å²) in [6.45, 7) is 5.45. The number of rotatable bonds is 3. The number of fused-ring (bicyclic) bond motifs is 2. The predicted molar refractivity (Wildman–Crippen MR) is 91.1 cm³/mol. The van der Waals surface area contributed by atoms with Gasteiger partial charge < -0.3 is 4.74 Å². The summed E-state index contributed by atoms with van der Waals surface area (Å²) in [4.78, 5) is 11.7. The van der Waals surface area contributed by atoms with Crippen LogP contribution in [0.2, 0.25) is 5.02 Å². The molecule has 0 radical (unpaired) electrons. The van der Waals surface area contributed by atoms with E-state index in [1.807, 2.05) is 42.5 Å². The minimum absolute atomic E-state index is 0.198. The van der Waals surface area contributed by atoms with Crippen LogP contribution >= 0.6 is 11.6 Å². The smallest absolute Gasteiger partial charge is 0.333 e. The molecule has 0 unspecified atom stereocenters. The molecule has 0 atom stereocenters. The molecule has 2 nitrogen and oxygen atoms in total. The van der Waals surface area contributed by atoms with Crippen molar-refractivity contribution in [2.24, 2.45) is 0 Å². The molecule has 3 heteroatoms. The lowest BCUT2D eigenvalue weighted by Gasteiger charge is -2.12. The van der Waals surface area contributed by atoms with Crippen LogP contribution in [0.5, 0.6) is 0 Å². The highest BCUT2D eigenvalue weighted by atomic mass is 35.5. The first kappa shape index (κ1) is 14.6. The zero-order chi connectivity index (χ0) is 15.7. The maximum absolute atomic E-state index is 11.7. The van der Waals surface area contributed by atoms with Gasteiger partial charge in [-0.05, 0) is 46.7 Å². The first-order chi connectivity index (χ1) is 10.6. The number of halogens is 1. The molecule has 0 aromatic heterocycles. The molecular formula is C19H15ClO2. The highest BCUT2D eigenvalue weighted by Crippen LogP contribution is 2.31. The lowest BCUT2D eigenvalue weighted by molar-refractivity contribution is -0.140. The van der Waals surface area contributed by atoms with Crippen LogP contribution in [0.15, 0.2) is 60.7 Å². The van der Waals surface area contributed by atoms with Crippen molar-refractivity contribution in [2.75, 3.05) is 0 Å². The molecule has 3 rings (SSSR count). The van der Waals surface area contributed by atoms with Gasteiger partial charge in [0.2, 0.25) is 0 Å². The number of carbonyl (C=O) groups excluding carboxylic acids is 1. The number of carbonyl (C=O) groups is 1. The zero-order valence-corrected chi connectivity index (χ0v) is 13.0. The SMILES string of the molecule is C=C(C)C(=O)OCc1c2ccccc2cc2ccc(Cl)cc12. The van der Waals surface area contributed by atoms with Crippen molar-refractivity contribution in [1.82, 2.24) is 0 Å². The van der Waals surface area contributed by atoms with Crippen LogP contribution in [0.4, 0.5) is 0 Å². The Hall–Kier alpha value is -2.32. The fourth-order valence-electron chi connectivity index (χ4n) is 2.54. The maximum Gasteiger partial charge on any atom is 0.333 e. The van der Waals surface area contributed by atoms with Crippen LogP contribution in [0.25, 0.3) is 21.5 Å². The molecule has 0 bridgehead atoms. The standard InChI is InChI=1S/C19H15ClO2/c1-12(2)19(21)22-11-18-16-6-4-3-5-13(16)9-14-7-8-15(20)10-17(14)18/h3-10H,1,11H2,2H3. The van der Waals surface area contributed by atoms with Crippen LogP contribution in [-0.2, 0) is 16.1 Å². The first-order valence-corrected chi connectivity index (χ1v) is 7.36. The maximum atomic E-state index is 11.7. The fourth-order valence-corrected chi connectivity index (χ4v) is 2.71. The number of ether oxygens (including phenoxy) is 1. The molecule has 0 heterocycles. The molecule has 3 aromatic rings. The number of benzene rings is 3. The molecule has 0 saturated heterocycles. The third-order valence-corrected chi connectivity index (χ3v) is 3.87. The van der Waals surface area contributed by atoms with Gasteiger partial charge in [-0.15, -0.1) is 0 Å². The van der Waals surface area contributed by atoms with Crippen molar-refractivity contribution in [1.29, 1.82) is 0 Å². The molecule has 0 aliphatic heterocycles. The Bertz CT molecular complexity index is 896. The summed E-state index contributed by atoms with van der Waals surface area (Å²) in [6, 6.07) is 15.9. The van der Waals surface area contributed by atoms with E-state index in [-0.39, 0.29) is 12.6 Å². The van der Waals surface area contributed by atoms with Gasteiger partial charge in [-0.3, -0.25) is 0 Å². The van der Waals surface area contributed by atoms with E-state index in [1.165, 1.54) is 0 Å². The quantitative estimate of drug-likeness (QED) is 0.374. The van der Waals surface area contributed by atoms with E-state index in [1.54, 1.807) is 6.92 Å². The van der Waals surface area contributed by atoms with Crippen LogP contribution in [-0.4, -0.2) is 5.97 Å². The molecule has 110 valence electrons. The third-order valence-electron chi connectivity index (χ3n) is 3.63. The van der Waals surface area contributed by atoms with Crippen molar-refractivity contribution in [2.45, 2.75) is 13.5 Å². The van der Waals surface area contributed by atoms with Gasteiger partial charge in [0.05, 0.1) is 0 Å². The van der Waals surface area contributed by atoms with E-state index >= 15 is 0 Å². The van der Waals surface area contributed by atoms with Crippen molar-refractivity contribution in [3.05, 3.63) is 71.3 Å². The van der Waals surface area contributed by atoms with E-state index in [0.29, 0.717) is 10.6 Å². The summed E-state index contributed by atoms with van der Waals surface area (Å²) in [5.74, 6) is -0.386. The fraction of sp³-hybridized carbons (Fsp3) is 0.105.